The van der Waals surface area contributed by atoms with Crippen LogP contribution in [0, 0.1) is 0 Å². The number of hydrogen-bond acceptors (Lipinski definition) is 1. The van der Waals surface area contributed by atoms with Crippen LogP contribution in [0.5, 0.6) is 0 Å². The van der Waals surface area contributed by atoms with Crippen molar-refractivity contribution >= 4 is 12.8 Å². The number of rotatable bonds is 1. The molecular weight excluding hydrogens is 183 g/mol. The molecule has 0 N–H and O–H groups in total. The van der Waals surface area contributed by atoms with E-state index in [1.807, 2.05) is 0 Å². The van der Waals surface area contributed by atoms with Crippen molar-refractivity contribution in [2.45, 2.75) is 12.8 Å². The minimum Gasteiger partial charge on any atom is -0.445 e. The topological polar surface area (TPSA) is 17.1 Å². The van der Waals surface area contributed by atoms with Gasteiger partial charge in [0.1, 0.15) is 0 Å². The Morgan fingerprint density at radius 3 is 2.00 bits per heavy atom. The second-order valence-electron chi connectivity index (χ2n) is 2.26. The molecule has 1 rings (SSSR count). The van der Waals surface area contributed by atoms with Gasteiger partial charge in [-0.05, 0) is 6.08 Å². The fourth-order valence-corrected chi connectivity index (χ4v) is 0.877. The number of carbonyl (C=O) groups excluding carboxylic acids is 1. The van der Waals surface area contributed by atoms with Crippen LogP contribution in [-0.2, 0) is 4.79 Å². The molecule has 0 spiro atoms. The van der Waals surface area contributed by atoms with Crippen molar-refractivity contribution in [2.24, 2.45) is 0 Å². The Hall–Kier alpha value is 0.901. The summed E-state index contributed by atoms with van der Waals surface area (Å²) in [4.78, 5) is 10.3. The first-order valence-corrected chi connectivity index (χ1v) is 2.93. The molecule has 0 aromatic heterocycles. The van der Waals surface area contributed by atoms with Crippen LogP contribution in [0.3, 0.4) is 0 Å². The van der Waals surface area contributed by atoms with Crippen molar-refractivity contribution in [1.82, 2.24) is 0 Å². The SMILES string of the molecule is O=C1C=C([B-](F)(F)F)CC1.[K+]. The summed E-state index contributed by atoms with van der Waals surface area (Å²) in [6, 6.07) is 0. The van der Waals surface area contributed by atoms with Crippen molar-refractivity contribution in [2.75, 3.05) is 0 Å². The first kappa shape index (κ1) is 11.9. The predicted octanol–water partition coefficient (Wildman–Crippen LogP) is -1.33. The van der Waals surface area contributed by atoms with E-state index < -0.39 is 18.2 Å². The van der Waals surface area contributed by atoms with Gasteiger partial charge >= 0.3 is 58.4 Å². The Kier molecular flexibility index (Phi) is 4.57. The van der Waals surface area contributed by atoms with Crippen LogP contribution in [0.25, 0.3) is 0 Å². The summed E-state index contributed by atoms with van der Waals surface area (Å²) >= 11 is 0. The summed E-state index contributed by atoms with van der Waals surface area (Å²) in [5.41, 5.74) is -0.634. The smallest absolute Gasteiger partial charge is 0.445 e. The van der Waals surface area contributed by atoms with Crippen LogP contribution in [0.4, 0.5) is 12.9 Å². The number of halogens is 3. The minimum absolute atomic E-state index is 0. The summed E-state index contributed by atoms with van der Waals surface area (Å²) in [7, 11) is 0. The average Bonchev–Trinajstić information content (AvgIpc) is 2.11. The zero-order valence-corrected chi connectivity index (χ0v) is 9.23. The van der Waals surface area contributed by atoms with Crippen molar-refractivity contribution in [1.29, 1.82) is 0 Å². The van der Waals surface area contributed by atoms with Gasteiger partial charge < -0.3 is 12.9 Å². The zero-order chi connectivity index (χ0) is 7.78. The second-order valence-corrected chi connectivity index (χ2v) is 2.26. The fourth-order valence-electron chi connectivity index (χ4n) is 0.877. The van der Waals surface area contributed by atoms with E-state index in [4.69, 9.17) is 0 Å². The summed E-state index contributed by atoms with van der Waals surface area (Å²) < 4.78 is 35.3. The standard InChI is InChI=1S/C5H5BF3O.K/c7-6(8,9)4-1-2-5(10)3-4;/h3H,1-2H2;/q-1;+1. The molecule has 0 aromatic carbocycles. The summed E-state index contributed by atoms with van der Waals surface area (Å²) in [6.07, 6.45) is 0.610. The molecule has 0 aromatic rings. The molecule has 0 bridgehead atoms. The molecule has 11 heavy (non-hydrogen) atoms. The molecule has 0 unspecified atom stereocenters. The Morgan fingerprint density at radius 1 is 1.27 bits per heavy atom. The number of ketones is 1. The quantitative estimate of drug-likeness (QED) is 0.466. The molecule has 1 aliphatic rings. The van der Waals surface area contributed by atoms with Crippen LogP contribution in [0.15, 0.2) is 11.5 Å². The molecule has 0 saturated carbocycles. The van der Waals surface area contributed by atoms with Gasteiger partial charge in [0.15, 0.2) is 5.78 Å². The molecule has 0 saturated heterocycles. The summed E-state index contributed by atoms with van der Waals surface area (Å²) in [5.74, 6) is -0.408. The number of allylic oxidation sites excluding steroid dienone is 2. The monoisotopic (exact) mass is 188 g/mol. The molecule has 0 amide bonds. The van der Waals surface area contributed by atoms with E-state index in [1.54, 1.807) is 0 Å². The van der Waals surface area contributed by atoms with Gasteiger partial charge in [-0.2, -0.15) is 0 Å². The van der Waals surface area contributed by atoms with Gasteiger partial charge in [-0.15, -0.1) is 5.47 Å². The van der Waals surface area contributed by atoms with Crippen LogP contribution < -0.4 is 51.4 Å². The van der Waals surface area contributed by atoms with Crippen LogP contribution in [0.1, 0.15) is 12.8 Å². The molecule has 0 aliphatic heterocycles. The van der Waals surface area contributed by atoms with E-state index in [2.05, 4.69) is 0 Å². The first-order chi connectivity index (χ1) is 4.50. The molecule has 0 fully saturated rings. The first-order valence-electron chi connectivity index (χ1n) is 2.93. The second kappa shape index (κ2) is 4.23. The Bertz CT molecular complexity index is 198. The molecular formula is C5H5BF3KO. The molecule has 0 atom stereocenters. The maximum atomic E-state index is 11.8. The normalized spacial score (nSPS) is 17.7. The van der Waals surface area contributed by atoms with E-state index in [1.165, 1.54) is 0 Å². The average molecular weight is 188 g/mol. The molecule has 1 aliphatic carbocycles. The van der Waals surface area contributed by atoms with Gasteiger partial charge in [0, 0.05) is 6.42 Å². The molecule has 0 radical (unpaired) electrons. The largest absolute Gasteiger partial charge is 1.00 e. The van der Waals surface area contributed by atoms with Crippen molar-refractivity contribution < 1.29 is 69.1 Å². The summed E-state index contributed by atoms with van der Waals surface area (Å²) in [6.45, 7) is -4.90. The van der Waals surface area contributed by atoms with E-state index in [9.17, 15) is 17.7 Å². The van der Waals surface area contributed by atoms with Gasteiger partial charge in [-0.1, -0.05) is 6.42 Å². The van der Waals surface area contributed by atoms with Gasteiger partial charge in [-0.3, -0.25) is 4.79 Å². The Labute approximate surface area is 105 Å². The van der Waals surface area contributed by atoms with E-state index in [0.717, 1.165) is 0 Å². The maximum Gasteiger partial charge on any atom is 1.00 e. The third-order valence-corrected chi connectivity index (χ3v) is 1.43. The van der Waals surface area contributed by atoms with Crippen molar-refractivity contribution in [3.05, 3.63) is 11.5 Å². The fraction of sp³-hybridized carbons (Fsp3) is 0.400. The third-order valence-electron chi connectivity index (χ3n) is 1.43. The van der Waals surface area contributed by atoms with Crippen molar-refractivity contribution in [3.8, 4) is 0 Å². The molecule has 1 nitrogen and oxygen atoms in total. The van der Waals surface area contributed by atoms with E-state index >= 15 is 0 Å². The van der Waals surface area contributed by atoms with Crippen LogP contribution >= 0.6 is 0 Å². The van der Waals surface area contributed by atoms with Crippen LogP contribution in [-0.4, -0.2) is 12.8 Å². The predicted molar refractivity (Wildman–Crippen MR) is 31.4 cm³/mol. The van der Waals surface area contributed by atoms with Gasteiger partial charge in [-0.25, -0.2) is 0 Å². The number of hydrogen-bond donors (Lipinski definition) is 0. The van der Waals surface area contributed by atoms with Crippen molar-refractivity contribution in [3.63, 3.8) is 0 Å². The van der Waals surface area contributed by atoms with Gasteiger partial charge in [0.2, 0.25) is 0 Å². The van der Waals surface area contributed by atoms with E-state index in [-0.39, 0.29) is 64.2 Å². The minimum atomic E-state index is -4.90. The molecule has 56 valence electrons. The van der Waals surface area contributed by atoms with Gasteiger partial charge in [0.05, 0.1) is 0 Å². The third kappa shape index (κ3) is 3.42. The zero-order valence-electron chi connectivity index (χ0n) is 6.11. The molecule has 6 heteroatoms. The van der Waals surface area contributed by atoms with Gasteiger partial charge in [0.25, 0.3) is 0 Å². The Balaban J connectivity index is 0.000001000. The summed E-state index contributed by atoms with van der Waals surface area (Å²) in [5, 5.41) is 0. The Morgan fingerprint density at radius 2 is 1.82 bits per heavy atom. The van der Waals surface area contributed by atoms with E-state index in [0.29, 0.717) is 6.08 Å². The van der Waals surface area contributed by atoms with Crippen LogP contribution in [0.2, 0.25) is 0 Å². The maximum absolute atomic E-state index is 11.8. The molecule has 0 heterocycles. The number of carbonyl (C=O) groups is 1.